The van der Waals surface area contributed by atoms with E-state index in [-0.39, 0.29) is 116 Å². The zero-order chi connectivity index (χ0) is 107. The molecule has 0 unspecified atom stereocenters. The van der Waals surface area contributed by atoms with Crippen LogP contribution >= 0.6 is 0 Å². The first-order valence-corrected chi connectivity index (χ1v) is 67.3. The Morgan fingerprint density at radius 1 is 0.500 bits per heavy atom. The van der Waals surface area contributed by atoms with Gasteiger partial charge in [0.15, 0.2) is 0 Å². The number of methoxy groups -OCH3 is 1. The summed E-state index contributed by atoms with van der Waals surface area (Å²) in [6, 6.07) is 45.7. The van der Waals surface area contributed by atoms with Gasteiger partial charge in [-0.3, -0.25) is 39.0 Å². The molecular formula is C102H142F6N19NaO15Si5. The number of aliphatic hydroxyl groups is 1. The Hall–Kier alpha value is -11.1. The molecule has 5 atom stereocenters. The van der Waals surface area contributed by atoms with E-state index in [1.54, 1.807) is 84.8 Å². The summed E-state index contributed by atoms with van der Waals surface area (Å²) in [6.07, 6.45) is 11.1. The van der Waals surface area contributed by atoms with Crippen molar-refractivity contribution in [1.82, 2.24) is 15.0 Å². The molecule has 10 fully saturated rings. The number of alkyl halides is 1. The number of nitrogens with one attached hydrogen (secondary N) is 1. The van der Waals surface area contributed by atoms with Gasteiger partial charge in [0.2, 0.25) is 0 Å². The van der Waals surface area contributed by atoms with E-state index in [1.807, 2.05) is 37.3 Å². The SMILES string of the molecule is C1=CC2C=CC1C2.CCCC(=O)OC[C@@H]1CO1.COC[C@H]1CN(c2ccc(N3CC[Si](C)(C)CC3)c(F)c2)C(=O)O1.C[Si]1(C)CCN(c2ccc(N3C[C@H](CN=[N+]=[N-])OC3=O)cc2F)CC1.C[Si]1(C)CCN(c2ccc(N3C[C@H](CO)OC3=O)cc2F)CC1.C[Si]1(C)CCN(c2ccc(N3C[C@H](Cn4ccnn4)OC3=O)cc2F)CC1.C[Si]1(C)CCN(c2ccc(NC(=O)OCc3ccccc3)cc2F)CC1.[2H]CF.[N-]=[N+]=[N-].[Na+]. The number of cyclic esters (lactones) is 4. The Kier molecular flexibility index (Phi) is 44.5. The van der Waals surface area contributed by atoms with Crippen LogP contribution in [0.25, 0.3) is 26.4 Å². The fourth-order valence-corrected chi connectivity index (χ4v) is 28.3. The van der Waals surface area contributed by atoms with Gasteiger partial charge in [-0.15, -0.1) is 5.10 Å². The van der Waals surface area contributed by atoms with E-state index < -0.39 is 90.2 Å². The van der Waals surface area contributed by atoms with Crippen molar-refractivity contribution >= 4 is 134 Å². The summed E-state index contributed by atoms with van der Waals surface area (Å²) in [7, 11) is -4.92. The molecule has 0 saturated carbocycles. The van der Waals surface area contributed by atoms with Gasteiger partial charge in [-0.2, -0.15) is 0 Å². The second kappa shape index (κ2) is 56.2. The number of benzene rings is 6. The molecule has 148 heavy (non-hydrogen) atoms. The second-order valence-corrected chi connectivity index (χ2v) is 68.7. The van der Waals surface area contributed by atoms with Crippen LogP contribution in [0.1, 0.15) is 33.1 Å². The topological polar surface area (TPSA) is 379 Å². The minimum atomic E-state index is -1.11. The number of halogens is 6. The molecule has 0 spiro atoms. The molecule has 0 radical (unpaired) electrons. The molecule has 19 rings (SSSR count). The van der Waals surface area contributed by atoms with Gasteiger partial charge in [0.25, 0.3) is 0 Å². The molecule has 7 aromatic rings. The van der Waals surface area contributed by atoms with E-state index in [4.69, 9.17) is 61.0 Å². The summed E-state index contributed by atoms with van der Waals surface area (Å²) in [5, 5.41) is 22.7. The van der Waals surface area contributed by atoms with Crippen LogP contribution in [0, 0.1) is 40.9 Å². The number of carbonyl (C=O) groups excluding carboxylic acids is 6. The number of carbonyl (C=O) groups is 6. The minimum absolute atomic E-state index is 0. The minimum Gasteiger partial charge on any atom is -0.463 e. The van der Waals surface area contributed by atoms with Gasteiger partial charge in [-0.1, -0.05) is 137 Å². The number of aromatic nitrogens is 3. The average molecular weight is 2150 g/mol. The van der Waals surface area contributed by atoms with Crippen LogP contribution in [-0.4, -0.2) is 266 Å². The summed E-state index contributed by atoms with van der Waals surface area (Å²) in [5.74, 6) is -0.0206. The normalized spacial score (nSPS) is 22.0. The first-order valence-electron chi connectivity index (χ1n) is 50.9. The molecule has 5 amide bonds. The summed E-state index contributed by atoms with van der Waals surface area (Å²) in [4.78, 5) is 90.8. The number of esters is 1. The molecule has 10 aliphatic heterocycles. The molecule has 46 heteroatoms. The van der Waals surface area contributed by atoms with Crippen LogP contribution < -0.4 is 79.0 Å². The quantitative estimate of drug-likeness (QED) is 0.00691. The van der Waals surface area contributed by atoms with Crippen LogP contribution in [0.2, 0.25) is 126 Å². The monoisotopic (exact) mass is 2150 g/mol. The predicted molar refractivity (Wildman–Crippen MR) is 575 cm³/mol. The van der Waals surface area contributed by atoms with Gasteiger partial charge in [0, 0.05) is 95.8 Å². The molecule has 12 aliphatic rings. The predicted octanol–water partition coefficient (Wildman–Crippen LogP) is 19.0. The third kappa shape index (κ3) is 35.8. The number of nitrogens with zero attached hydrogens (tertiary/aromatic N) is 18. The molecule has 10 saturated heterocycles. The van der Waals surface area contributed by atoms with Gasteiger partial charge in [-0.05, 0) is 187 Å². The number of anilines is 10. The van der Waals surface area contributed by atoms with Gasteiger partial charge >= 0.3 is 66.0 Å². The third-order valence-electron chi connectivity index (χ3n) is 28.0. The molecule has 2 aliphatic carbocycles. The van der Waals surface area contributed by atoms with E-state index in [9.17, 15) is 55.1 Å². The maximum Gasteiger partial charge on any atom is 1.00 e. The number of fused-ring (bicyclic) bond motifs is 2. The van der Waals surface area contributed by atoms with Gasteiger partial charge in [0.05, 0.1) is 165 Å². The van der Waals surface area contributed by atoms with E-state index in [0.29, 0.717) is 96.1 Å². The van der Waals surface area contributed by atoms with Crippen LogP contribution in [-0.2, 0) is 55.8 Å². The van der Waals surface area contributed by atoms with E-state index in [1.165, 1.54) is 110 Å². The van der Waals surface area contributed by atoms with Crippen LogP contribution in [0.5, 0.6) is 0 Å². The Morgan fingerprint density at radius 2 is 0.845 bits per heavy atom. The maximum absolute atomic E-state index is 14.8. The number of aliphatic hydroxyl groups excluding tert-OH is 1. The fourth-order valence-electron chi connectivity index (χ4n) is 18.3. The van der Waals surface area contributed by atoms with Crippen molar-refractivity contribution in [2.75, 3.05) is 188 Å². The molecule has 11 heterocycles. The average Bonchev–Trinajstić information content (AvgIpc) is 1.77. The number of hydrogen-bond acceptors (Lipinski definition) is 23. The standard InChI is InChI=1S/C20H25FN2O2Si.C18H24FN5O2Si.C17H25FN2O3Si.C16H22FN5O2Si.C16H23FN2O3Si.C7H12O3.C7H8.CH3F.N3.Na/c1-26(2)12-10-23(11-13-26)19-9-8-17(14-18(19)21)22-20(24)25-15-16-6-4-3-5-7-16;1-27(2)9-7-22(8-10-27)17-4-3-14(11-16(17)19)24-13-15(26-18(24)25)12-23-6-5-20-21-23;1-22-12-14-11-20(17(21)23-14)13-4-5-16(15(18)10-13)19-6-8-24(2,3)9-7-19;1-25(2)7-5-21(6-8-25)15-4-3-12(9-14(15)17)22-11-13(10-19-20-18)24-16(22)23;1-23(2)7-5-18(6-8-23)15-4-3-12(9-14(15)17)19-10-13(11-20)22-16(19)21;1-2-3-7(8)10-5-6-4-9-6;1-2-7-4-3-6(1)5-7;1-2;1-3-2;/h3-9,14H,10-13,15H2,1-2H3,(H,22,24);3-6,11,15H,7-10,12-13H2,1-2H3;4-5,10,14H,6-9,11-12H2,1-3H3;3-4,9,13H,5-8,10-11H2,1-2H3;3-4,9,13,20H,5-8,10-11H2,1-2H3;6H,2-5H2,1H3;1-4,6-7H,5H2;1H3;;/q;;;;;;;;-1;+1/t;15-;14-;2*13-;6-;;;;/m.01010..../s1/i;;;;;;;1D;;. The number of allylic oxidation sites excluding steroid dienone is 4. The van der Waals surface area contributed by atoms with Crippen molar-refractivity contribution in [3.63, 3.8) is 0 Å². The molecule has 798 valence electrons. The van der Waals surface area contributed by atoms with Crippen LogP contribution in [0.3, 0.4) is 0 Å². The molecule has 6 aromatic carbocycles. The Labute approximate surface area is 891 Å². The largest absolute Gasteiger partial charge is 1.00 e. The molecule has 1 aromatic heterocycles. The molecule has 2 N–H and O–H groups in total. The smallest absolute Gasteiger partial charge is 0.463 e. The van der Waals surface area contributed by atoms with Crippen molar-refractivity contribution in [1.29, 1.82) is 0 Å². The zero-order valence-corrected chi connectivity index (χ0v) is 94.3. The van der Waals surface area contributed by atoms with E-state index in [0.717, 1.165) is 108 Å². The van der Waals surface area contributed by atoms with Crippen LogP contribution in [0.4, 0.5) is 107 Å². The molecule has 34 nitrogen and oxygen atoms in total. The van der Waals surface area contributed by atoms with Gasteiger partial charge < -0.3 is 78.6 Å². The van der Waals surface area contributed by atoms with Crippen LogP contribution in [0.15, 0.2) is 163 Å². The number of ether oxygens (including phenoxy) is 8. The van der Waals surface area contributed by atoms with Gasteiger partial charge in [-0.25, -0.2) is 50.6 Å². The van der Waals surface area contributed by atoms with E-state index in [2.05, 4.69) is 140 Å². The van der Waals surface area contributed by atoms with E-state index >= 15 is 0 Å². The Morgan fingerprint density at radius 3 is 1.16 bits per heavy atom. The molecule has 2 bridgehead atoms. The maximum atomic E-state index is 14.8. The summed E-state index contributed by atoms with van der Waals surface area (Å²) in [6.45, 7) is 38.0. The zero-order valence-electron chi connectivity index (χ0n) is 88.3. The first-order chi connectivity index (χ1) is 70.6. The Bertz CT molecular complexity index is 5660. The summed E-state index contributed by atoms with van der Waals surface area (Å²) < 4.78 is 131. The second-order valence-electron chi connectivity index (χ2n) is 42.1. The summed E-state index contributed by atoms with van der Waals surface area (Å²) in [5.41, 5.74) is 28.2. The number of epoxide rings is 1. The fraction of sp³-hybridized carbons (Fsp3) is 0.529. The summed E-state index contributed by atoms with van der Waals surface area (Å²) >= 11 is 0. The number of amides is 5. The number of azide groups is 1. The van der Waals surface area contributed by atoms with Crippen molar-refractivity contribution in [2.45, 2.75) is 196 Å². The first kappa shape index (κ1) is 117. The van der Waals surface area contributed by atoms with Crippen molar-refractivity contribution < 1.29 is 129 Å². The van der Waals surface area contributed by atoms with Crippen molar-refractivity contribution in [2.24, 2.45) is 17.0 Å². The van der Waals surface area contributed by atoms with Gasteiger partial charge in [0.1, 0.15) is 72.8 Å². The Balaban J connectivity index is 0.000000180. The number of rotatable bonds is 23. The van der Waals surface area contributed by atoms with Crippen molar-refractivity contribution in [3.8, 4) is 0 Å². The van der Waals surface area contributed by atoms with Crippen molar-refractivity contribution in [3.05, 3.63) is 219 Å². The third-order valence-corrected chi connectivity index (χ3v) is 43.7. The number of hydrogen-bond donors (Lipinski definition) is 2. The molecular weight excluding hydrogens is 2010 g/mol.